The number of fused-ring (bicyclic) bond motifs is 2. The quantitative estimate of drug-likeness (QED) is 0.588. The number of alkyl halides is 3. The van der Waals surface area contributed by atoms with E-state index in [1.807, 2.05) is 0 Å². The van der Waals surface area contributed by atoms with Crippen molar-refractivity contribution in [2.75, 3.05) is 32.7 Å². The van der Waals surface area contributed by atoms with E-state index in [0.717, 1.165) is 43.2 Å². The van der Waals surface area contributed by atoms with Gasteiger partial charge < -0.3 is 0 Å². The van der Waals surface area contributed by atoms with Crippen LogP contribution in [-0.4, -0.2) is 68.9 Å². The molecule has 6 nitrogen and oxygen atoms in total. The van der Waals surface area contributed by atoms with Crippen molar-refractivity contribution in [1.29, 1.82) is 0 Å². The minimum atomic E-state index is -4.61. The molecule has 0 aliphatic carbocycles. The molecule has 0 bridgehead atoms. The minimum absolute atomic E-state index is 0.0187. The van der Waals surface area contributed by atoms with E-state index in [-0.39, 0.29) is 29.4 Å². The van der Waals surface area contributed by atoms with Gasteiger partial charge in [-0.1, -0.05) is 6.07 Å². The van der Waals surface area contributed by atoms with Crippen molar-refractivity contribution in [1.82, 2.24) is 24.4 Å². The summed E-state index contributed by atoms with van der Waals surface area (Å²) in [5, 5.41) is 5.77. The Hall–Kier alpha value is -2.30. The van der Waals surface area contributed by atoms with Crippen LogP contribution in [0, 0.1) is 0 Å². The fourth-order valence-corrected chi connectivity index (χ4v) is 5.03. The molecule has 30 heavy (non-hydrogen) atoms. The summed E-state index contributed by atoms with van der Waals surface area (Å²) in [4.78, 5) is 22.3. The van der Waals surface area contributed by atoms with E-state index in [9.17, 15) is 18.0 Å². The van der Waals surface area contributed by atoms with Crippen molar-refractivity contribution in [2.24, 2.45) is 0 Å². The number of Topliss-reactive ketones (excluding diaryl/α,β-unsaturated/α-hetero) is 1. The number of carbonyl (C=O) groups excluding carboxylic acids is 1. The molecule has 2 saturated heterocycles. The summed E-state index contributed by atoms with van der Waals surface area (Å²) >= 11 is 1.31. The fraction of sp³-hybridized carbons (Fsp3) is 0.450. The van der Waals surface area contributed by atoms with Crippen LogP contribution in [0.4, 0.5) is 13.2 Å². The van der Waals surface area contributed by atoms with E-state index in [0.29, 0.717) is 10.9 Å². The Morgan fingerprint density at radius 3 is 2.87 bits per heavy atom. The monoisotopic (exact) mass is 435 g/mol. The first-order valence-electron chi connectivity index (χ1n) is 9.90. The highest BCUT2D eigenvalue weighted by molar-refractivity contribution is 7.13. The molecule has 0 N–H and O–H groups in total. The van der Waals surface area contributed by atoms with Crippen molar-refractivity contribution in [3.63, 3.8) is 0 Å². The molecule has 0 amide bonds. The van der Waals surface area contributed by atoms with Crippen molar-refractivity contribution in [2.45, 2.75) is 25.1 Å². The molecule has 3 aromatic heterocycles. The smallest absolute Gasteiger partial charge is 0.298 e. The molecule has 158 valence electrons. The minimum Gasteiger partial charge on any atom is -0.298 e. The molecule has 5 heterocycles. The van der Waals surface area contributed by atoms with Crippen LogP contribution in [0.15, 0.2) is 29.6 Å². The van der Waals surface area contributed by atoms with Crippen LogP contribution in [0.5, 0.6) is 0 Å². The van der Waals surface area contributed by atoms with E-state index in [2.05, 4.69) is 19.9 Å². The van der Waals surface area contributed by atoms with E-state index in [4.69, 9.17) is 0 Å². The number of halogens is 3. The largest absolute Gasteiger partial charge is 0.433 e. The number of piperazine rings is 1. The average Bonchev–Trinajstić information content (AvgIpc) is 3.44. The molecule has 2 fully saturated rings. The molecule has 3 aromatic rings. The van der Waals surface area contributed by atoms with Crippen molar-refractivity contribution in [3.05, 3.63) is 41.0 Å². The molecule has 2 aliphatic heterocycles. The summed E-state index contributed by atoms with van der Waals surface area (Å²) in [6.07, 6.45) is -2.31. The zero-order valence-electron chi connectivity index (χ0n) is 16.1. The third-order valence-electron chi connectivity index (χ3n) is 5.82. The SMILES string of the molecule is O=C(CN1CCN2CCCC2C1)c1cc2nc(-c3cccs3)cc(C(F)(F)F)n2n1. The van der Waals surface area contributed by atoms with Crippen LogP contribution in [0.2, 0.25) is 0 Å². The van der Waals surface area contributed by atoms with E-state index >= 15 is 0 Å². The van der Waals surface area contributed by atoms with Gasteiger partial charge in [0, 0.05) is 31.7 Å². The lowest BCUT2D eigenvalue weighted by molar-refractivity contribution is -0.142. The van der Waals surface area contributed by atoms with Gasteiger partial charge in [-0.15, -0.1) is 11.3 Å². The Bertz CT molecular complexity index is 1080. The normalized spacial score (nSPS) is 20.7. The van der Waals surface area contributed by atoms with E-state index in [1.54, 1.807) is 17.5 Å². The fourth-order valence-electron chi connectivity index (χ4n) is 4.35. The lowest BCUT2D eigenvalue weighted by atomic mass is 10.1. The van der Waals surface area contributed by atoms with Crippen LogP contribution in [0.25, 0.3) is 16.2 Å². The number of hydrogen-bond donors (Lipinski definition) is 0. The Morgan fingerprint density at radius 1 is 1.23 bits per heavy atom. The average molecular weight is 435 g/mol. The van der Waals surface area contributed by atoms with Crippen LogP contribution in [0.1, 0.15) is 29.0 Å². The van der Waals surface area contributed by atoms with Gasteiger partial charge in [-0.3, -0.25) is 14.6 Å². The lowest BCUT2D eigenvalue weighted by Crippen LogP contribution is -2.51. The summed E-state index contributed by atoms with van der Waals surface area (Å²) in [7, 11) is 0. The molecular formula is C20H20F3N5OS. The molecule has 1 atom stereocenters. The van der Waals surface area contributed by atoms with Crippen LogP contribution in [0.3, 0.4) is 0 Å². The third kappa shape index (κ3) is 3.63. The van der Waals surface area contributed by atoms with Crippen molar-refractivity contribution < 1.29 is 18.0 Å². The van der Waals surface area contributed by atoms with Crippen molar-refractivity contribution in [3.8, 4) is 10.6 Å². The molecule has 0 saturated carbocycles. The second-order valence-electron chi connectivity index (χ2n) is 7.79. The first kappa shape index (κ1) is 19.7. The van der Waals surface area contributed by atoms with Gasteiger partial charge in [-0.05, 0) is 36.9 Å². The van der Waals surface area contributed by atoms with E-state index in [1.165, 1.54) is 23.8 Å². The Kier molecular flexibility index (Phi) is 4.87. The Morgan fingerprint density at radius 2 is 2.10 bits per heavy atom. The second kappa shape index (κ2) is 7.44. The molecule has 2 aliphatic rings. The molecule has 5 rings (SSSR count). The standard InChI is InChI=1S/C20H20F3N5OS/c21-20(22,23)18-9-15(17-4-2-8-30-17)24-19-10-14(25-28(18)19)16(29)12-26-6-7-27-5-1-3-13(27)11-26/h2,4,8-10,13H,1,3,5-7,11-12H2. The van der Waals surface area contributed by atoms with Gasteiger partial charge in [0.15, 0.2) is 17.1 Å². The number of ketones is 1. The van der Waals surface area contributed by atoms with Crippen LogP contribution in [-0.2, 0) is 6.18 Å². The summed E-state index contributed by atoms with van der Waals surface area (Å²) in [6.45, 7) is 3.79. The maximum atomic E-state index is 13.7. The highest BCUT2D eigenvalue weighted by Gasteiger charge is 2.36. The molecule has 0 aromatic carbocycles. The number of aromatic nitrogens is 3. The summed E-state index contributed by atoms with van der Waals surface area (Å²) < 4.78 is 41.7. The predicted molar refractivity (Wildman–Crippen MR) is 107 cm³/mol. The Balaban J connectivity index is 1.44. The van der Waals surface area contributed by atoms with Gasteiger partial charge >= 0.3 is 6.18 Å². The number of carbonyl (C=O) groups is 1. The van der Waals surface area contributed by atoms with Gasteiger partial charge in [0.2, 0.25) is 0 Å². The maximum Gasteiger partial charge on any atom is 0.433 e. The predicted octanol–water partition coefficient (Wildman–Crippen LogP) is 3.44. The summed E-state index contributed by atoms with van der Waals surface area (Å²) in [6, 6.07) is 6.29. The highest BCUT2D eigenvalue weighted by atomic mass is 32.1. The second-order valence-corrected chi connectivity index (χ2v) is 8.74. The van der Waals surface area contributed by atoms with Gasteiger partial charge in [-0.25, -0.2) is 9.50 Å². The number of thiophene rings is 1. The number of nitrogens with zero attached hydrogens (tertiary/aromatic N) is 5. The van der Waals surface area contributed by atoms with Crippen molar-refractivity contribution >= 4 is 22.8 Å². The molecule has 10 heteroatoms. The molecular weight excluding hydrogens is 415 g/mol. The molecule has 0 spiro atoms. The highest BCUT2D eigenvalue weighted by Crippen LogP contribution is 2.33. The molecule has 1 unspecified atom stereocenters. The van der Waals surface area contributed by atoms with E-state index < -0.39 is 11.9 Å². The topological polar surface area (TPSA) is 53.7 Å². The van der Waals surface area contributed by atoms with Gasteiger partial charge in [0.25, 0.3) is 0 Å². The maximum absolute atomic E-state index is 13.7. The first-order valence-corrected chi connectivity index (χ1v) is 10.8. The molecule has 0 radical (unpaired) electrons. The zero-order valence-corrected chi connectivity index (χ0v) is 16.9. The lowest BCUT2D eigenvalue weighted by Gasteiger charge is -2.36. The first-order chi connectivity index (χ1) is 14.4. The summed E-state index contributed by atoms with van der Waals surface area (Å²) in [5.41, 5.74) is -0.669. The van der Waals surface area contributed by atoms with Crippen LogP contribution >= 0.6 is 11.3 Å². The van der Waals surface area contributed by atoms with Crippen LogP contribution < -0.4 is 0 Å². The number of rotatable bonds is 4. The Labute approximate surface area is 174 Å². The number of hydrogen-bond acceptors (Lipinski definition) is 6. The van der Waals surface area contributed by atoms with Gasteiger partial charge in [0.1, 0.15) is 5.69 Å². The van der Waals surface area contributed by atoms with Gasteiger partial charge in [-0.2, -0.15) is 18.3 Å². The zero-order chi connectivity index (χ0) is 20.9. The summed E-state index contributed by atoms with van der Waals surface area (Å²) in [5.74, 6) is -0.280. The van der Waals surface area contributed by atoms with Gasteiger partial charge in [0.05, 0.1) is 17.1 Å². The third-order valence-corrected chi connectivity index (χ3v) is 6.71.